The second kappa shape index (κ2) is 14.7. The number of alkyl halides is 3. The predicted molar refractivity (Wildman–Crippen MR) is 154 cm³/mol. The van der Waals surface area contributed by atoms with E-state index in [2.05, 4.69) is 15.6 Å². The van der Waals surface area contributed by atoms with Gasteiger partial charge in [-0.2, -0.15) is 13.2 Å². The Hall–Kier alpha value is -3.64. The van der Waals surface area contributed by atoms with Crippen molar-refractivity contribution in [2.24, 2.45) is 5.73 Å². The molecule has 1 heterocycles. The summed E-state index contributed by atoms with van der Waals surface area (Å²) in [5.41, 5.74) is 6.47. The van der Waals surface area contributed by atoms with Gasteiger partial charge in [-0.05, 0) is 62.4 Å². The molecule has 12 heteroatoms. The second-order valence-corrected chi connectivity index (χ2v) is 11.2. The van der Waals surface area contributed by atoms with Gasteiger partial charge in [0.15, 0.2) is 5.82 Å². The molecule has 0 aliphatic heterocycles. The normalized spacial score (nSPS) is 14.8. The van der Waals surface area contributed by atoms with E-state index in [0.29, 0.717) is 42.6 Å². The number of nitrogens with one attached hydrogen (secondary N) is 2. The van der Waals surface area contributed by atoms with E-state index in [9.17, 15) is 31.5 Å². The van der Waals surface area contributed by atoms with E-state index in [-0.39, 0.29) is 30.2 Å². The van der Waals surface area contributed by atoms with Crippen molar-refractivity contribution in [2.75, 3.05) is 11.9 Å². The van der Waals surface area contributed by atoms with Gasteiger partial charge in [0.25, 0.3) is 0 Å². The van der Waals surface area contributed by atoms with Gasteiger partial charge in [0.2, 0.25) is 5.91 Å². The molecule has 3 aromatic rings. The van der Waals surface area contributed by atoms with Crippen LogP contribution in [0.15, 0.2) is 55.0 Å². The summed E-state index contributed by atoms with van der Waals surface area (Å²) >= 11 is 0. The van der Waals surface area contributed by atoms with Gasteiger partial charge < -0.3 is 20.9 Å². The Morgan fingerprint density at radius 3 is 2.47 bits per heavy atom. The Morgan fingerprint density at radius 2 is 1.81 bits per heavy atom. The highest BCUT2D eigenvalue weighted by Gasteiger charge is 2.40. The number of anilines is 1. The lowest BCUT2D eigenvalue weighted by Gasteiger charge is -2.29. The smallest absolute Gasteiger partial charge is 0.330 e. The number of aryl methyl sites for hydroxylation is 1. The first-order valence-electron chi connectivity index (χ1n) is 14.2. The van der Waals surface area contributed by atoms with Crippen molar-refractivity contribution >= 4 is 17.5 Å². The number of carbonyl (C=O) groups excluding carboxylic acids is 2. The minimum Gasteiger partial charge on any atom is -0.330 e. The number of Topliss-reactive ketones (excluding diaryl/α,β-unsaturated/α-hetero) is 1. The number of imidazole rings is 1. The SMILES string of the molecule is CCCC(N)C(=O)Nc1cn(C(C)(C)CCNC(c2ccccc2)C(F)(F)F)cn1.O=C1CCc2cc(F)cc(F)c2C1. The monoisotopic (exact) mass is 607 g/mol. The zero-order valence-corrected chi connectivity index (χ0v) is 24.5. The fourth-order valence-corrected chi connectivity index (χ4v) is 4.74. The van der Waals surface area contributed by atoms with Crippen molar-refractivity contribution in [3.63, 3.8) is 0 Å². The van der Waals surface area contributed by atoms with Crippen LogP contribution in [-0.2, 0) is 28.0 Å². The van der Waals surface area contributed by atoms with E-state index in [0.717, 1.165) is 12.5 Å². The summed E-state index contributed by atoms with van der Waals surface area (Å²) in [6.45, 7) is 5.89. The first-order chi connectivity index (χ1) is 20.2. The number of amides is 1. The summed E-state index contributed by atoms with van der Waals surface area (Å²) in [6, 6.07) is 7.60. The maximum atomic E-state index is 13.5. The van der Waals surface area contributed by atoms with Crippen molar-refractivity contribution in [3.05, 3.63) is 83.3 Å². The van der Waals surface area contributed by atoms with Crippen molar-refractivity contribution in [3.8, 4) is 0 Å². The van der Waals surface area contributed by atoms with Crippen molar-refractivity contribution in [1.82, 2.24) is 14.9 Å². The third kappa shape index (κ3) is 9.69. The van der Waals surface area contributed by atoms with Crippen LogP contribution in [0.4, 0.5) is 27.8 Å². The lowest BCUT2D eigenvalue weighted by molar-refractivity contribution is -0.158. The lowest BCUT2D eigenvalue weighted by atomic mass is 9.90. The Bertz CT molecular complexity index is 1370. The highest BCUT2D eigenvalue weighted by molar-refractivity contribution is 5.93. The number of ketones is 1. The van der Waals surface area contributed by atoms with E-state index in [1.807, 2.05) is 20.8 Å². The highest BCUT2D eigenvalue weighted by Crippen LogP contribution is 2.33. The quantitative estimate of drug-likeness (QED) is 0.246. The van der Waals surface area contributed by atoms with Crippen LogP contribution in [0.5, 0.6) is 0 Å². The number of rotatable bonds is 10. The molecular weight excluding hydrogens is 569 g/mol. The summed E-state index contributed by atoms with van der Waals surface area (Å²) < 4.78 is 68.0. The zero-order chi connectivity index (χ0) is 31.8. The second-order valence-electron chi connectivity index (χ2n) is 11.2. The van der Waals surface area contributed by atoms with Gasteiger partial charge in [0.05, 0.1) is 12.4 Å². The summed E-state index contributed by atoms with van der Waals surface area (Å²) in [6.07, 6.45) is 1.59. The van der Waals surface area contributed by atoms with Gasteiger partial charge in [-0.25, -0.2) is 13.8 Å². The van der Waals surface area contributed by atoms with Crippen LogP contribution in [0.25, 0.3) is 0 Å². The molecule has 0 radical (unpaired) electrons. The van der Waals surface area contributed by atoms with Gasteiger partial charge in [-0.3, -0.25) is 9.59 Å². The Kier molecular flexibility index (Phi) is 11.6. The third-order valence-electron chi connectivity index (χ3n) is 7.31. The summed E-state index contributed by atoms with van der Waals surface area (Å²) in [7, 11) is 0. The number of nitrogens with two attached hydrogens (primary N) is 1. The topological polar surface area (TPSA) is 102 Å². The van der Waals surface area contributed by atoms with Crippen LogP contribution in [0.2, 0.25) is 0 Å². The van der Waals surface area contributed by atoms with E-state index in [4.69, 9.17) is 5.73 Å². The molecule has 0 bridgehead atoms. The van der Waals surface area contributed by atoms with Crippen LogP contribution < -0.4 is 16.4 Å². The van der Waals surface area contributed by atoms with Gasteiger partial charge in [0, 0.05) is 30.6 Å². The number of benzene rings is 2. The molecule has 1 aliphatic rings. The molecule has 0 spiro atoms. The summed E-state index contributed by atoms with van der Waals surface area (Å²) in [5, 5.41) is 5.30. The van der Waals surface area contributed by atoms with E-state index in [1.165, 1.54) is 18.2 Å². The summed E-state index contributed by atoms with van der Waals surface area (Å²) in [4.78, 5) is 27.2. The molecule has 1 aromatic heterocycles. The molecule has 4 rings (SSSR count). The molecule has 43 heavy (non-hydrogen) atoms. The Balaban J connectivity index is 0.000000321. The van der Waals surface area contributed by atoms with Crippen LogP contribution in [-0.4, -0.2) is 40.0 Å². The first-order valence-corrected chi connectivity index (χ1v) is 14.2. The molecule has 2 aromatic carbocycles. The fourth-order valence-electron chi connectivity index (χ4n) is 4.74. The fraction of sp³-hybridized carbons (Fsp3) is 0.452. The summed E-state index contributed by atoms with van der Waals surface area (Å²) in [5.74, 6) is -1.07. The molecule has 0 saturated carbocycles. The highest BCUT2D eigenvalue weighted by atomic mass is 19.4. The first kappa shape index (κ1) is 33.9. The number of fused-ring (bicyclic) bond motifs is 1. The largest absolute Gasteiger partial charge is 0.407 e. The number of aromatic nitrogens is 2. The number of nitrogens with zero attached hydrogens (tertiary/aromatic N) is 2. The molecule has 0 fully saturated rings. The standard InChI is InChI=1S/C21H30F3N5O.C10H8F2O/c1-4-8-16(25)19(30)28-17-13-29(14-27-17)20(2,3)11-12-26-18(21(22,23)24)15-9-6-5-7-10-15;11-7-3-6-1-2-8(13)5-9(6)10(12)4-7/h5-7,9-10,13-14,16,18,26H,4,8,11-12,25H2,1-3H3,(H,28,30);3-4H,1-2,5H2. The zero-order valence-electron chi connectivity index (χ0n) is 24.5. The van der Waals surface area contributed by atoms with Crippen LogP contribution in [0.3, 0.4) is 0 Å². The molecule has 1 amide bonds. The van der Waals surface area contributed by atoms with E-state index >= 15 is 0 Å². The van der Waals surface area contributed by atoms with Crippen molar-refractivity contribution < 1.29 is 31.5 Å². The van der Waals surface area contributed by atoms with Crippen molar-refractivity contribution in [2.45, 2.75) is 83.1 Å². The number of halogens is 5. The molecule has 1 aliphatic carbocycles. The van der Waals surface area contributed by atoms with Gasteiger partial charge in [-0.1, -0.05) is 43.7 Å². The molecule has 7 nitrogen and oxygen atoms in total. The number of carbonyl (C=O) groups is 2. The van der Waals surface area contributed by atoms with Crippen LogP contribution in [0, 0.1) is 11.6 Å². The number of hydrogen-bond donors (Lipinski definition) is 3. The Labute approximate surface area is 248 Å². The number of hydrogen-bond acceptors (Lipinski definition) is 5. The molecular formula is C31H38F5N5O2. The van der Waals surface area contributed by atoms with E-state index < -0.39 is 35.4 Å². The maximum Gasteiger partial charge on any atom is 0.407 e. The molecule has 2 atom stereocenters. The minimum absolute atomic E-state index is 0.0259. The lowest BCUT2D eigenvalue weighted by Crippen LogP contribution is -2.37. The predicted octanol–water partition coefficient (Wildman–Crippen LogP) is 5.99. The van der Waals surface area contributed by atoms with Crippen LogP contribution in [0.1, 0.15) is 69.2 Å². The maximum absolute atomic E-state index is 13.5. The average molecular weight is 608 g/mol. The molecule has 2 unspecified atom stereocenters. The molecule has 4 N–H and O–H groups in total. The van der Waals surface area contributed by atoms with Gasteiger partial charge in [-0.15, -0.1) is 0 Å². The average Bonchev–Trinajstić information content (AvgIpc) is 3.41. The van der Waals surface area contributed by atoms with Gasteiger partial charge >= 0.3 is 6.18 Å². The van der Waals surface area contributed by atoms with Crippen LogP contribution >= 0.6 is 0 Å². The Morgan fingerprint density at radius 1 is 1.12 bits per heavy atom. The van der Waals surface area contributed by atoms with E-state index in [1.54, 1.807) is 35.3 Å². The minimum atomic E-state index is -4.39. The molecule has 0 saturated heterocycles. The third-order valence-corrected chi connectivity index (χ3v) is 7.31. The molecule has 234 valence electrons. The van der Waals surface area contributed by atoms with Gasteiger partial charge in [0.1, 0.15) is 23.5 Å². The van der Waals surface area contributed by atoms with Crippen molar-refractivity contribution in [1.29, 1.82) is 0 Å².